The maximum Gasteiger partial charge on any atom is 0.233 e. The molecule has 7 nitrogen and oxygen atoms in total. The zero-order chi connectivity index (χ0) is 19.6. The number of hydrogen-bond donors (Lipinski definition) is 3. The molecular weight excluding hydrogens is 476 g/mol. The summed E-state index contributed by atoms with van der Waals surface area (Å²) in [7, 11) is 3.37. The highest BCUT2D eigenvalue weighted by atomic mass is 127. The van der Waals surface area contributed by atoms with E-state index in [0.29, 0.717) is 31.7 Å². The van der Waals surface area contributed by atoms with Gasteiger partial charge in [-0.15, -0.1) is 24.0 Å². The predicted octanol–water partition coefficient (Wildman–Crippen LogP) is 1.72. The van der Waals surface area contributed by atoms with Gasteiger partial charge in [0.2, 0.25) is 5.91 Å². The van der Waals surface area contributed by atoms with Gasteiger partial charge in [-0.2, -0.15) is 0 Å². The molecule has 1 fully saturated rings. The number of rotatable bonds is 7. The second-order valence-electron chi connectivity index (χ2n) is 6.49. The Balaban J connectivity index is 0.00000392. The van der Waals surface area contributed by atoms with Crippen molar-refractivity contribution in [3.63, 3.8) is 0 Å². The number of amides is 1. The Kier molecular flexibility index (Phi) is 11.1. The number of hydrogen-bond acceptors (Lipinski definition) is 4. The van der Waals surface area contributed by atoms with Crippen LogP contribution in [-0.4, -0.2) is 63.1 Å². The van der Waals surface area contributed by atoms with Gasteiger partial charge in [0, 0.05) is 39.8 Å². The Bertz CT molecular complexity index is 651. The number of nitrogens with one attached hydrogen (secondary N) is 3. The lowest BCUT2D eigenvalue weighted by atomic mass is 10.1. The van der Waals surface area contributed by atoms with Crippen LogP contribution in [0, 0.1) is 5.82 Å². The van der Waals surface area contributed by atoms with E-state index >= 15 is 0 Å². The number of carbonyl (C=O) groups is 1. The Morgan fingerprint density at radius 2 is 2.07 bits per heavy atom. The fourth-order valence-electron chi connectivity index (χ4n) is 3.02. The van der Waals surface area contributed by atoms with Crippen LogP contribution >= 0.6 is 24.0 Å². The predicted molar refractivity (Wildman–Crippen MR) is 120 cm³/mol. The molecule has 0 aliphatic carbocycles. The van der Waals surface area contributed by atoms with Crippen molar-refractivity contribution in [3.8, 4) is 5.75 Å². The highest BCUT2D eigenvalue weighted by Gasteiger charge is 2.21. The summed E-state index contributed by atoms with van der Waals surface area (Å²) in [4.78, 5) is 17.8. The fourth-order valence-corrected chi connectivity index (χ4v) is 3.02. The van der Waals surface area contributed by atoms with Gasteiger partial charge in [0.05, 0.1) is 13.2 Å². The van der Waals surface area contributed by atoms with Crippen molar-refractivity contribution in [3.05, 3.63) is 29.6 Å². The van der Waals surface area contributed by atoms with Crippen molar-refractivity contribution in [2.24, 2.45) is 4.99 Å². The number of aliphatic imine (C=N–C) groups is 1. The van der Waals surface area contributed by atoms with Crippen LogP contribution in [-0.2, 0) is 11.3 Å². The van der Waals surface area contributed by atoms with Gasteiger partial charge in [0.1, 0.15) is 0 Å². The summed E-state index contributed by atoms with van der Waals surface area (Å²) in [5, 5.41) is 9.27. The molecule has 1 saturated heterocycles. The molecule has 0 aromatic heterocycles. The van der Waals surface area contributed by atoms with Crippen LogP contribution in [0.1, 0.15) is 25.3 Å². The van der Waals surface area contributed by atoms with Crippen LogP contribution in [0.4, 0.5) is 4.39 Å². The fraction of sp³-hybridized carbons (Fsp3) is 0.579. The van der Waals surface area contributed by atoms with Crippen LogP contribution in [0.2, 0.25) is 0 Å². The van der Waals surface area contributed by atoms with E-state index in [1.165, 1.54) is 6.07 Å². The lowest BCUT2D eigenvalue weighted by molar-refractivity contribution is -0.122. The van der Waals surface area contributed by atoms with E-state index in [2.05, 4.69) is 25.8 Å². The maximum atomic E-state index is 13.9. The molecule has 1 aromatic carbocycles. The number of benzene rings is 1. The second kappa shape index (κ2) is 12.8. The third-order valence-corrected chi connectivity index (χ3v) is 4.55. The molecule has 9 heteroatoms. The lowest BCUT2D eigenvalue weighted by Gasteiger charge is -2.32. The summed E-state index contributed by atoms with van der Waals surface area (Å²) < 4.78 is 19.2. The van der Waals surface area contributed by atoms with Crippen LogP contribution in [0.25, 0.3) is 0 Å². The number of carbonyl (C=O) groups excluding carboxylic acids is 1. The minimum Gasteiger partial charge on any atom is -0.491 e. The molecule has 158 valence electrons. The van der Waals surface area contributed by atoms with Crippen molar-refractivity contribution in [2.45, 2.75) is 32.4 Å². The quantitative estimate of drug-likeness (QED) is 0.298. The minimum absolute atomic E-state index is 0. The van der Waals surface area contributed by atoms with Crippen LogP contribution < -0.4 is 20.7 Å². The Morgan fingerprint density at radius 1 is 1.36 bits per heavy atom. The summed E-state index contributed by atoms with van der Waals surface area (Å²) >= 11 is 0. The number of ether oxygens (including phenoxy) is 1. The molecule has 1 heterocycles. The molecule has 0 saturated carbocycles. The van der Waals surface area contributed by atoms with Gasteiger partial charge in [-0.1, -0.05) is 6.07 Å². The Hall–Kier alpha value is -1.62. The van der Waals surface area contributed by atoms with Crippen molar-refractivity contribution >= 4 is 35.8 Å². The topological polar surface area (TPSA) is 78.0 Å². The number of halogens is 2. The Morgan fingerprint density at radius 3 is 2.64 bits per heavy atom. The van der Waals surface area contributed by atoms with Crippen molar-refractivity contribution < 1.29 is 13.9 Å². The summed E-state index contributed by atoms with van der Waals surface area (Å²) in [6.45, 7) is 4.91. The van der Waals surface area contributed by atoms with E-state index in [1.54, 1.807) is 20.2 Å². The zero-order valence-electron chi connectivity index (χ0n) is 16.8. The van der Waals surface area contributed by atoms with Gasteiger partial charge in [-0.3, -0.25) is 14.7 Å². The van der Waals surface area contributed by atoms with Gasteiger partial charge in [0.25, 0.3) is 0 Å². The molecule has 3 N–H and O–H groups in total. The normalized spacial score (nSPS) is 15.5. The van der Waals surface area contributed by atoms with Gasteiger partial charge < -0.3 is 20.7 Å². The molecule has 0 unspecified atom stereocenters. The molecule has 1 aromatic rings. The third-order valence-electron chi connectivity index (χ3n) is 4.55. The standard InChI is InChI=1S/C19H30FN5O2.HI/c1-4-27-17-6-5-14(11-16(17)20)12-23-19(22-3)24-15-7-9-25(10-8-15)13-18(26)21-2;/h5-6,11,15H,4,7-10,12-13H2,1-3H3,(H,21,26)(H2,22,23,24);1H. The molecule has 0 atom stereocenters. The number of piperidine rings is 1. The van der Waals surface area contributed by atoms with Crippen molar-refractivity contribution in [1.82, 2.24) is 20.9 Å². The van der Waals surface area contributed by atoms with Crippen LogP contribution in [0.3, 0.4) is 0 Å². The first-order valence-corrected chi connectivity index (χ1v) is 9.37. The highest BCUT2D eigenvalue weighted by molar-refractivity contribution is 14.0. The molecular formula is C19H31FIN5O2. The average molecular weight is 507 g/mol. The first-order chi connectivity index (χ1) is 13.0. The first kappa shape index (κ1) is 24.4. The van der Waals surface area contributed by atoms with Crippen LogP contribution in [0.5, 0.6) is 5.75 Å². The van der Waals surface area contributed by atoms with E-state index in [1.807, 2.05) is 13.0 Å². The number of guanidine groups is 1. The number of nitrogens with zero attached hydrogens (tertiary/aromatic N) is 2. The maximum absolute atomic E-state index is 13.9. The van der Waals surface area contributed by atoms with Gasteiger partial charge in [0.15, 0.2) is 17.5 Å². The number of likely N-dealkylation sites (tertiary alicyclic amines) is 1. The van der Waals surface area contributed by atoms with E-state index in [0.717, 1.165) is 31.5 Å². The van der Waals surface area contributed by atoms with E-state index in [4.69, 9.17) is 4.74 Å². The van der Waals surface area contributed by atoms with Gasteiger partial charge in [-0.25, -0.2) is 4.39 Å². The van der Waals surface area contributed by atoms with E-state index in [9.17, 15) is 9.18 Å². The third kappa shape index (κ3) is 7.78. The molecule has 0 spiro atoms. The summed E-state index contributed by atoms with van der Waals surface area (Å²) in [5.41, 5.74) is 0.819. The average Bonchev–Trinajstić information content (AvgIpc) is 2.68. The summed E-state index contributed by atoms with van der Waals surface area (Å²) in [5.74, 6) is 0.644. The summed E-state index contributed by atoms with van der Waals surface area (Å²) in [6, 6.07) is 5.26. The SMILES string of the molecule is CCOc1ccc(CNC(=NC)NC2CCN(CC(=O)NC)CC2)cc1F.I. The Labute approximate surface area is 183 Å². The molecule has 0 bridgehead atoms. The molecule has 2 rings (SSSR count). The first-order valence-electron chi connectivity index (χ1n) is 9.37. The van der Waals surface area contributed by atoms with Crippen LogP contribution in [0.15, 0.2) is 23.2 Å². The molecule has 28 heavy (non-hydrogen) atoms. The number of likely N-dealkylation sites (N-methyl/N-ethyl adjacent to an activating group) is 1. The van der Waals surface area contributed by atoms with Crippen molar-refractivity contribution in [1.29, 1.82) is 0 Å². The van der Waals surface area contributed by atoms with Crippen molar-refractivity contribution in [2.75, 3.05) is 40.3 Å². The minimum atomic E-state index is -0.359. The molecule has 1 amide bonds. The smallest absolute Gasteiger partial charge is 0.233 e. The molecule has 1 aliphatic rings. The van der Waals surface area contributed by atoms with E-state index < -0.39 is 0 Å². The lowest BCUT2D eigenvalue weighted by Crippen LogP contribution is -2.49. The zero-order valence-corrected chi connectivity index (χ0v) is 19.1. The second-order valence-corrected chi connectivity index (χ2v) is 6.49. The van der Waals surface area contributed by atoms with Gasteiger partial charge >= 0.3 is 0 Å². The molecule has 0 radical (unpaired) electrons. The monoisotopic (exact) mass is 507 g/mol. The largest absolute Gasteiger partial charge is 0.491 e. The van der Waals surface area contributed by atoms with Gasteiger partial charge in [-0.05, 0) is 37.5 Å². The summed E-state index contributed by atoms with van der Waals surface area (Å²) in [6.07, 6.45) is 1.88. The highest BCUT2D eigenvalue weighted by Crippen LogP contribution is 2.18. The van der Waals surface area contributed by atoms with E-state index in [-0.39, 0.29) is 41.5 Å². The molecule has 1 aliphatic heterocycles.